The van der Waals surface area contributed by atoms with Gasteiger partial charge in [-0.25, -0.2) is 4.98 Å². The van der Waals surface area contributed by atoms with E-state index in [9.17, 15) is 4.79 Å². The van der Waals surface area contributed by atoms with Crippen molar-refractivity contribution in [2.75, 3.05) is 6.61 Å². The summed E-state index contributed by atoms with van der Waals surface area (Å²) >= 11 is 0.832. The van der Waals surface area contributed by atoms with Gasteiger partial charge in [0.2, 0.25) is 12.3 Å². The van der Waals surface area contributed by atoms with Gasteiger partial charge in [-0.05, 0) is 25.1 Å². The minimum absolute atomic E-state index is 0.156. The zero-order chi connectivity index (χ0) is 13.7. The van der Waals surface area contributed by atoms with E-state index in [0.29, 0.717) is 18.2 Å². The lowest BCUT2D eigenvalue weighted by molar-refractivity contribution is 0.369. The van der Waals surface area contributed by atoms with Crippen LogP contribution in [0.25, 0.3) is 5.82 Å². The molecule has 0 aliphatic carbocycles. The molecule has 0 fully saturated rings. The highest BCUT2D eigenvalue weighted by Gasteiger charge is 2.08. The molecule has 6 heteroatoms. The lowest BCUT2D eigenvalue weighted by atomic mass is 10.4. The predicted molar refractivity (Wildman–Crippen MR) is 69.7 cm³/mol. The van der Waals surface area contributed by atoms with Crippen molar-refractivity contribution in [1.29, 1.82) is 0 Å². The van der Waals surface area contributed by atoms with Gasteiger partial charge in [-0.2, -0.15) is 0 Å². The molecule has 0 atom stereocenters. The van der Waals surface area contributed by atoms with Crippen LogP contribution in [-0.4, -0.2) is 16.2 Å². The van der Waals surface area contributed by atoms with E-state index in [0.717, 1.165) is 12.3 Å². The zero-order valence-corrected chi connectivity index (χ0v) is 10.5. The Bertz CT molecular complexity index is 618. The fraction of sp³-hybridized carbons (Fsp3) is 0.167. The number of pyridine rings is 2. The molecule has 0 saturated heterocycles. The highest BCUT2D eigenvalue weighted by molar-refractivity contribution is 7.90. The molecule has 0 N–H and O–H groups in total. The van der Waals surface area contributed by atoms with Crippen LogP contribution in [0.1, 0.15) is 8.29 Å². The molecule has 2 aromatic heterocycles. The fourth-order valence-corrected chi connectivity index (χ4v) is 1.64. The van der Waals surface area contributed by atoms with E-state index in [1.165, 1.54) is 22.9 Å². The van der Waals surface area contributed by atoms with Crippen LogP contribution in [0, 0.1) is 0 Å². The average Bonchev–Trinajstić information content (AvgIpc) is 2.40. The monoisotopic (exact) mass is 266 g/mol. The molecule has 0 aliphatic rings. The van der Waals surface area contributed by atoms with Gasteiger partial charge in [0.15, 0.2) is 11.6 Å². The summed E-state index contributed by atoms with van der Waals surface area (Å²) in [6.45, 7) is 2.35. The number of hydrogen-bond acceptors (Lipinski definition) is 5. The minimum atomic E-state index is -0.336. The molecule has 0 unspecified atom stereocenters. The van der Waals surface area contributed by atoms with E-state index < -0.39 is 0 Å². The van der Waals surface area contributed by atoms with Crippen molar-refractivity contribution >= 4 is 12.3 Å². The molecule has 0 aliphatic heterocycles. The van der Waals surface area contributed by atoms with Crippen LogP contribution in [0.4, 0.5) is 0 Å². The first kappa shape index (κ1) is 11.3. The molecule has 18 heavy (non-hydrogen) atoms. The molecule has 0 aromatic carbocycles. The number of aromatic nitrogens is 2. The molecule has 0 bridgehead atoms. The first-order valence-corrected chi connectivity index (χ1v) is 6.00. The van der Waals surface area contributed by atoms with Crippen LogP contribution in [0.5, 0.6) is 5.75 Å². The summed E-state index contributed by atoms with van der Waals surface area (Å²) in [6.07, 6.45) is 3.06. The normalized spacial score (nSPS) is 11.1. The average molecular weight is 266 g/mol. The molecule has 0 spiro atoms. The Morgan fingerprint density at radius 2 is 2.39 bits per heavy atom. The van der Waals surface area contributed by atoms with Crippen molar-refractivity contribution in [2.24, 2.45) is 0 Å². The summed E-state index contributed by atoms with van der Waals surface area (Å²) < 4.78 is 19.1. The maximum Gasteiger partial charge on any atom is 0.256 e. The Balaban J connectivity index is 2.36. The van der Waals surface area contributed by atoms with Gasteiger partial charge in [0.25, 0.3) is 5.56 Å². The minimum Gasteiger partial charge on any atom is -0.396 e. The van der Waals surface area contributed by atoms with Crippen LogP contribution < -0.4 is 9.74 Å². The van der Waals surface area contributed by atoms with Gasteiger partial charge in [-0.15, -0.1) is 0 Å². The molecule has 5 nitrogen and oxygen atoms in total. The smallest absolute Gasteiger partial charge is 0.256 e. The quantitative estimate of drug-likeness (QED) is 0.613. The van der Waals surface area contributed by atoms with E-state index >= 15 is 0 Å². The summed E-state index contributed by atoms with van der Waals surface area (Å²) in [5, 5.41) is 0. The van der Waals surface area contributed by atoms with Crippen molar-refractivity contribution in [2.45, 2.75) is 6.92 Å². The second-order valence-electron chi connectivity index (χ2n) is 3.22. The molecule has 2 aromatic rings. The van der Waals surface area contributed by atoms with Gasteiger partial charge >= 0.3 is 0 Å². The van der Waals surface area contributed by atoms with E-state index in [1.54, 1.807) is 18.3 Å². The highest BCUT2D eigenvalue weighted by Crippen LogP contribution is 2.22. The lowest BCUT2D eigenvalue weighted by Gasteiger charge is -2.09. The number of hydrogen-bond donors (Lipinski definition) is 0. The summed E-state index contributed by atoms with van der Waals surface area (Å²) in [6, 6.07) is 6.28. The fourth-order valence-electron chi connectivity index (χ4n) is 1.29. The third kappa shape index (κ3) is 2.91. The molecule has 2 heterocycles. The Labute approximate surface area is 110 Å². The SMILES string of the molecule is [3H]c1ccn(-c2ncccc2OSOCC)c(=O)c1. The van der Waals surface area contributed by atoms with Gasteiger partial charge < -0.3 is 4.18 Å². The first-order chi connectivity index (χ1) is 9.22. The largest absolute Gasteiger partial charge is 0.396 e. The number of rotatable bonds is 5. The molecular formula is C12H12N2O3S. The van der Waals surface area contributed by atoms with E-state index in [-0.39, 0.29) is 11.6 Å². The Hall–Kier alpha value is -1.79. The molecular weight excluding hydrogens is 252 g/mol. The van der Waals surface area contributed by atoms with Crippen molar-refractivity contribution < 1.29 is 9.74 Å². The molecule has 2 rings (SSSR count). The zero-order valence-electron chi connectivity index (χ0n) is 10.7. The first-order valence-electron chi connectivity index (χ1n) is 5.83. The third-order valence-corrected chi connectivity index (χ3v) is 2.61. The van der Waals surface area contributed by atoms with Crippen molar-refractivity contribution in [1.82, 2.24) is 9.55 Å². The van der Waals surface area contributed by atoms with E-state index in [2.05, 4.69) is 4.98 Å². The topological polar surface area (TPSA) is 53.4 Å². The molecule has 94 valence electrons. The lowest BCUT2D eigenvalue weighted by Crippen LogP contribution is -2.17. The molecule has 0 amide bonds. The van der Waals surface area contributed by atoms with Crippen LogP contribution in [0.3, 0.4) is 0 Å². The Kier molecular flexibility index (Phi) is 3.91. The van der Waals surface area contributed by atoms with Crippen molar-refractivity contribution in [3.05, 3.63) is 53.1 Å². The second kappa shape index (κ2) is 6.23. The Morgan fingerprint density at radius 3 is 3.17 bits per heavy atom. The second-order valence-corrected chi connectivity index (χ2v) is 3.76. The standard InChI is InChI=1S/C12H12N2O3S/c1-2-16-18-17-10-6-5-8-13-12(10)14-9-4-3-7-11(14)15/h3-9H,2H2,1H3/i3T. The van der Waals surface area contributed by atoms with E-state index in [1.807, 2.05) is 6.92 Å². The van der Waals surface area contributed by atoms with Crippen LogP contribution >= 0.6 is 12.3 Å². The van der Waals surface area contributed by atoms with Crippen LogP contribution in [0.15, 0.2) is 47.5 Å². The van der Waals surface area contributed by atoms with Crippen molar-refractivity contribution in [3.8, 4) is 11.6 Å². The van der Waals surface area contributed by atoms with E-state index in [4.69, 9.17) is 9.74 Å². The molecule has 0 saturated carbocycles. The maximum absolute atomic E-state index is 11.8. The van der Waals surface area contributed by atoms with Gasteiger partial charge in [0, 0.05) is 18.5 Å². The van der Waals surface area contributed by atoms with Gasteiger partial charge in [-0.3, -0.25) is 13.5 Å². The summed E-state index contributed by atoms with van der Waals surface area (Å²) in [5.41, 5.74) is -0.336. The van der Waals surface area contributed by atoms with Gasteiger partial charge in [-0.1, -0.05) is 6.04 Å². The van der Waals surface area contributed by atoms with Gasteiger partial charge in [0.1, 0.15) is 0 Å². The maximum atomic E-state index is 11.8. The predicted octanol–water partition coefficient (Wildman–Crippen LogP) is 2.21. The summed E-state index contributed by atoms with van der Waals surface area (Å²) in [7, 11) is 0. The molecule has 0 radical (unpaired) electrons. The summed E-state index contributed by atoms with van der Waals surface area (Å²) in [5.74, 6) is 0.778. The Morgan fingerprint density at radius 1 is 1.50 bits per heavy atom. The van der Waals surface area contributed by atoms with Crippen molar-refractivity contribution in [3.63, 3.8) is 0 Å². The third-order valence-electron chi connectivity index (χ3n) is 2.03. The van der Waals surface area contributed by atoms with Crippen LogP contribution in [-0.2, 0) is 4.18 Å². The highest BCUT2D eigenvalue weighted by atomic mass is 32.2. The summed E-state index contributed by atoms with van der Waals surface area (Å²) in [4.78, 5) is 16.0. The van der Waals surface area contributed by atoms with Gasteiger partial charge in [0.05, 0.1) is 7.98 Å². The van der Waals surface area contributed by atoms with Crippen LogP contribution in [0.2, 0.25) is 0 Å². The number of nitrogens with zero attached hydrogens (tertiary/aromatic N) is 2.